The molecular formula is C14H11F4N. The second-order valence-electron chi connectivity index (χ2n) is 4.17. The zero-order valence-electron chi connectivity index (χ0n) is 9.84. The van der Waals surface area contributed by atoms with Crippen LogP contribution in [0.15, 0.2) is 42.5 Å². The van der Waals surface area contributed by atoms with Crippen molar-refractivity contribution in [2.75, 3.05) is 5.73 Å². The van der Waals surface area contributed by atoms with E-state index in [0.29, 0.717) is 5.56 Å². The molecule has 0 saturated heterocycles. The Labute approximate surface area is 107 Å². The maximum atomic E-state index is 12.9. The summed E-state index contributed by atoms with van der Waals surface area (Å²) in [4.78, 5) is 0. The lowest BCUT2D eigenvalue weighted by Crippen LogP contribution is -2.09. The number of anilines is 1. The normalized spacial score (nSPS) is 11.6. The second kappa shape index (κ2) is 4.91. The molecule has 2 N–H and O–H groups in total. The first-order valence-corrected chi connectivity index (χ1v) is 5.57. The monoisotopic (exact) mass is 269 g/mol. The Bertz CT molecular complexity index is 590. The van der Waals surface area contributed by atoms with Crippen molar-refractivity contribution in [3.63, 3.8) is 0 Å². The summed E-state index contributed by atoms with van der Waals surface area (Å²) in [6, 6.07) is 8.97. The number of nitrogen functional groups attached to an aromatic ring is 1. The molecule has 0 heterocycles. The highest BCUT2D eigenvalue weighted by Gasteiger charge is 2.32. The van der Waals surface area contributed by atoms with Gasteiger partial charge in [-0.05, 0) is 29.3 Å². The first-order valence-electron chi connectivity index (χ1n) is 5.57. The molecule has 0 spiro atoms. The third kappa shape index (κ3) is 3.05. The zero-order valence-corrected chi connectivity index (χ0v) is 9.84. The summed E-state index contributed by atoms with van der Waals surface area (Å²) < 4.78 is 51.4. The van der Waals surface area contributed by atoms with Gasteiger partial charge in [-0.15, -0.1) is 0 Å². The van der Waals surface area contributed by atoms with E-state index in [1.807, 2.05) is 0 Å². The Balaban J connectivity index is 2.39. The highest BCUT2D eigenvalue weighted by atomic mass is 19.4. The average Bonchev–Trinajstić information content (AvgIpc) is 2.32. The first-order chi connectivity index (χ1) is 8.88. The highest BCUT2D eigenvalue weighted by molar-refractivity contribution is 5.50. The molecule has 0 unspecified atom stereocenters. The molecule has 0 saturated carbocycles. The predicted octanol–water partition coefficient (Wildman–Crippen LogP) is 4.02. The van der Waals surface area contributed by atoms with Crippen molar-refractivity contribution in [3.8, 4) is 0 Å². The number of hydrogen-bond donors (Lipinski definition) is 1. The molecular weight excluding hydrogens is 258 g/mol. The van der Waals surface area contributed by atoms with E-state index in [2.05, 4.69) is 0 Å². The molecule has 0 atom stereocenters. The van der Waals surface area contributed by atoms with E-state index in [1.54, 1.807) is 0 Å². The zero-order chi connectivity index (χ0) is 14.0. The molecule has 0 aliphatic rings. The largest absolute Gasteiger partial charge is 0.416 e. The number of hydrogen-bond acceptors (Lipinski definition) is 1. The van der Waals surface area contributed by atoms with Crippen LogP contribution >= 0.6 is 0 Å². The summed E-state index contributed by atoms with van der Waals surface area (Å²) in [6.07, 6.45) is -4.40. The van der Waals surface area contributed by atoms with Crippen molar-refractivity contribution in [3.05, 3.63) is 65.0 Å². The molecule has 0 radical (unpaired) electrons. The summed E-state index contributed by atoms with van der Waals surface area (Å²) in [7, 11) is 0. The van der Waals surface area contributed by atoms with E-state index in [1.165, 1.54) is 30.3 Å². The van der Waals surface area contributed by atoms with Crippen LogP contribution in [-0.2, 0) is 12.6 Å². The Morgan fingerprint density at radius 1 is 0.947 bits per heavy atom. The van der Waals surface area contributed by atoms with Gasteiger partial charge in [-0.1, -0.05) is 24.3 Å². The molecule has 1 nitrogen and oxygen atoms in total. The van der Waals surface area contributed by atoms with E-state index in [4.69, 9.17) is 5.73 Å². The van der Waals surface area contributed by atoms with Crippen LogP contribution in [0.1, 0.15) is 16.7 Å². The van der Waals surface area contributed by atoms with Gasteiger partial charge in [0.2, 0.25) is 0 Å². The van der Waals surface area contributed by atoms with E-state index in [0.717, 1.165) is 12.1 Å². The maximum absolute atomic E-state index is 12.9. The van der Waals surface area contributed by atoms with Crippen LogP contribution in [-0.4, -0.2) is 0 Å². The molecule has 0 fully saturated rings. The molecule has 0 aliphatic carbocycles. The number of nitrogens with two attached hydrogens (primary N) is 1. The quantitative estimate of drug-likeness (QED) is 0.646. The highest BCUT2D eigenvalue weighted by Crippen LogP contribution is 2.33. The van der Waals surface area contributed by atoms with Gasteiger partial charge in [-0.2, -0.15) is 13.2 Å². The number of alkyl halides is 3. The van der Waals surface area contributed by atoms with Gasteiger partial charge in [0.1, 0.15) is 5.82 Å². The summed E-state index contributed by atoms with van der Waals surface area (Å²) in [5.41, 5.74) is 5.65. The van der Waals surface area contributed by atoms with Crippen LogP contribution in [0.5, 0.6) is 0 Å². The summed E-state index contributed by atoms with van der Waals surface area (Å²) in [5.74, 6) is -0.509. The summed E-state index contributed by atoms with van der Waals surface area (Å²) in [6.45, 7) is 0. The van der Waals surface area contributed by atoms with Crippen LogP contribution in [0.2, 0.25) is 0 Å². The number of rotatable bonds is 2. The first kappa shape index (κ1) is 13.4. The van der Waals surface area contributed by atoms with Gasteiger partial charge in [0, 0.05) is 12.1 Å². The third-order valence-corrected chi connectivity index (χ3v) is 2.81. The average molecular weight is 269 g/mol. The van der Waals surface area contributed by atoms with Crippen molar-refractivity contribution >= 4 is 5.69 Å². The van der Waals surface area contributed by atoms with Gasteiger partial charge in [0.25, 0.3) is 0 Å². The van der Waals surface area contributed by atoms with E-state index >= 15 is 0 Å². The van der Waals surface area contributed by atoms with Crippen molar-refractivity contribution in [2.24, 2.45) is 0 Å². The fourth-order valence-electron chi connectivity index (χ4n) is 1.88. The molecule has 0 aliphatic heterocycles. The van der Waals surface area contributed by atoms with E-state index in [9.17, 15) is 17.6 Å². The smallest absolute Gasteiger partial charge is 0.398 e. The third-order valence-electron chi connectivity index (χ3n) is 2.81. The Kier molecular flexibility index (Phi) is 3.46. The second-order valence-corrected chi connectivity index (χ2v) is 4.17. The molecule has 100 valence electrons. The van der Waals surface area contributed by atoms with Crippen molar-refractivity contribution in [1.82, 2.24) is 0 Å². The molecule has 0 aromatic heterocycles. The maximum Gasteiger partial charge on any atom is 0.416 e. The van der Waals surface area contributed by atoms with Gasteiger partial charge >= 0.3 is 6.18 Å². The molecule has 19 heavy (non-hydrogen) atoms. The lowest BCUT2D eigenvalue weighted by molar-refractivity contribution is -0.138. The fraction of sp³-hybridized carbons (Fsp3) is 0.143. The minimum Gasteiger partial charge on any atom is -0.398 e. The van der Waals surface area contributed by atoms with Crippen molar-refractivity contribution < 1.29 is 17.6 Å². The molecule has 2 aromatic rings. The van der Waals surface area contributed by atoms with Crippen molar-refractivity contribution in [1.29, 1.82) is 0 Å². The SMILES string of the molecule is Nc1cc(F)ccc1Cc1ccccc1C(F)(F)F. The number of benzene rings is 2. The Morgan fingerprint density at radius 2 is 1.63 bits per heavy atom. The van der Waals surface area contributed by atoms with Crippen LogP contribution in [0, 0.1) is 5.82 Å². The minimum absolute atomic E-state index is 0.0157. The molecule has 2 rings (SSSR count). The standard InChI is InChI=1S/C14H11F4N/c15-11-6-5-10(13(19)8-11)7-9-3-1-2-4-12(9)14(16,17)18/h1-6,8H,7,19H2. The van der Waals surface area contributed by atoms with Gasteiger partial charge in [0.15, 0.2) is 0 Å². The molecule has 0 amide bonds. The molecule has 5 heteroatoms. The lowest BCUT2D eigenvalue weighted by Gasteiger charge is -2.13. The molecule has 0 bridgehead atoms. The van der Waals surface area contributed by atoms with Crippen molar-refractivity contribution in [2.45, 2.75) is 12.6 Å². The minimum atomic E-state index is -4.41. The summed E-state index contributed by atoms with van der Waals surface area (Å²) >= 11 is 0. The van der Waals surface area contributed by atoms with Crippen LogP contribution in [0.4, 0.5) is 23.2 Å². The lowest BCUT2D eigenvalue weighted by atomic mass is 9.98. The van der Waals surface area contributed by atoms with Gasteiger partial charge in [-0.3, -0.25) is 0 Å². The van der Waals surface area contributed by atoms with E-state index < -0.39 is 17.6 Å². The van der Waals surface area contributed by atoms with Gasteiger partial charge < -0.3 is 5.73 Å². The van der Waals surface area contributed by atoms with Crippen LogP contribution in [0.25, 0.3) is 0 Å². The summed E-state index contributed by atoms with van der Waals surface area (Å²) in [5, 5.41) is 0. The fourth-order valence-corrected chi connectivity index (χ4v) is 1.88. The van der Waals surface area contributed by atoms with Gasteiger partial charge in [0.05, 0.1) is 5.56 Å². The molecule has 2 aromatic carbocycles. The Hall–Kier alpha value is -2.04. The predicted molar refractivity (Wildman–Crippen MR) is 65.1 cm³/mol. The topological polar surface area (TPSA) is 26.0 Å². The van der Waals surface area contributed by atoms with E-state index in [-0.39, 0.29) is 17.7 Å². The van der Waals surface area contributed by atoms with Gasteiger partial charge in [-0.25, -0.2) is 4.39 Å². The number of halogens is 4. The Morgan fingerprint density at radius 3 is 2.26 bits per heavy atom. The van der Waals surface area contributed by atoms with Crippen LogP contribution in [0.3, 0.4) is 0 Å². The van der Waals surface area contributed by atoms with Crippen LogP contribution < -0.4 is 5.73 Å².